The molecule has 0 radical (unpaired) electrons. The summed E-state index contributed by atoms with van der Waals surface area (Å²) < 4.78 is 29.0. The number of carboxylic acids is 1. The second-order valence-corrected chi connectivity index (χ2v) is 13.0. The Morgan fingerprint density at radius 1 is 1.16 bits per heavy atom. The van der Waals surface area contributed by atoms with Crippen LogP contribution in [0.5, 0.6) is 0 Å². The third-order valence-corrected chi connectivity index (χ3v) is 11.6. The maximum atomic E-state index is 13.7. The monoisotopic (exact) mass is 459 g/mol. The van der Waals surface area contributed by atoms with Crippen molar-refractivity contribution in [3.63, 3.8) is 0 Å². The summed E-state index contributed by atoms with van der Waals surface area (Å²) in [6.07, 6.45) is 7.21. The smallest absolute Gasteiger partial charge is 0.306 e. The molecule has 1 aliphatic heterocycles. The molecule has 1 aromatic carbocycles. The average Bonchev–Trinajstić information content (AvgIpc) is 3.23. The van der Waals surface area contributed by atoms with Crippen LogP contribution in [0, 0.1) is 16.7 Å². The van der Waals surface area contributed by atoms with E-state index in [1.807, 2.05) is 26.0 Å². The number of carboxylic acid groups (broad SMARTS) is 1. The third-order valence-electron chi connectivity index (χ3n) is 9.61. The number of sulfonamides is 1. The minimum absolute atomic E-state index is 0.101. The lowest BCUT2D eigenvalue weighted by Gasteiger charge is -2.48. The summed E-state index contributed by atoms with van der Waals surface area (Å²) in [7, 11) is -3.66. The molecule has 1 spiro atoms. The fraction of sp³-hybridized carbons (Fsp3) is 0.640. The van der Waals surface area contributed by atoms with Crippen LogP contribution in [0.25, 0.3) is 6.08 Å². The molecule has 0 aromatic heterocycles. The van der Waals surface area contributed by atoms with Gasteiger partial charge in [0.2, 0.25) is 10.0 Å². The van der Waals surface area contributed by atoms with Crippen molar-refractivity contribution >= 4 is 22.1 Å². The van der Waals surface area contributed by atoms with Crippen molar-refractivity contribution in [3.05, 3.63) is 41.5 Å². The number of fused-ring (bicyclic) bond motifs is 4. The molecule has 5 rings (SSSR count). The molecular formula is C25H33NO5S. The van der Waals surface area contributed by atoms with Crippen LogP contribution in [0.2, 0.25) is 0 Å². The van der Waals surface area contributed by atoms with E-state index >= 15 is 0 Å². The summed E-state index contributed by atoms with van der Waals surface area (Å²) in [6.45, 7) is 4.92. The normalized spacial score (nSPS) is 34.8. The number of rotatable bonds is 5. The zero-order valence-corrected chi connectivity index (χ0v) is 19.7. The van der Waals surface area contributed by atoms with Crippen molar-refractivity contribution in [2.45, 2.75) is 63.4 Å². The quantitative estimate of drug-likeness (QED) is 0.704. The predicted octanol–water partition coefficient (Wildman–Crippen LogP) is 3.41. The maximum absolute atomic E-state index is 13.7. The summed E-state index contributed by atoms with van der Waals surface area (Å²) in [5.74, 6) is -1.10. The lowest BCUT2D eigenvalue weighted by Crippen LogP contribution is -2.56. The minimum atomic E-state index is -3.66. The number of aliphatic carboxylic acids is 1. The van der Waals surface area contributed by atoms with Gasteiger partial charge in [-0.3, -0.25) is 4.79 Å². The molecule has 7 heteroatoms. The van der Waals surface area contributed by atoms with Gasteiger partial charge in [-0.15, -0.1) is 0 Å². The number of benzene rings is 1. The van der Waals surface area contributed by atoms with E-state index in [9.17, 15) is 23.4 Å². The fourth-order valence-corrected chi connectivity index (χ4v) is 9.94. The van der Waals surface area contributed by atoms with Gasteiger partial charge in [-0.05, 0) is 54.6 Å². The molecule has 2 saturated carbocycles. The number of piperidine rings is 1. The summed E-state index contributed by atoms with van der Waals surface area (Å²) in [5.41, 5.74) is -0.447. The van der Waals surface area contributed by atoms with Crippen LogP contribution in [0.3, 0.4) is 0 Å². The molecule has 6 nitrogen and oxygen atoms in total. The van der Waals surface area contributed by atoms with Gasteiger partial charge in [0.15, 0.2) is 0 Å². The molecule has 3 fully saturated rings. The van der Waals surface area contributed by atoms with E-state index in [2.05, 4.69) is 24.3 Å². The van der Waals surface area contributed by atoms with E-state index in [0.29, 0.717) is 25.9 Å². The Morgan fingerprint density at radius 3 is 2.50 bits per heavy atom. The number of allylic oxidation sites excluding steroid dienone is 1. The van der Waals surface area contributed by atoms with Gasteiger partial charge in [0.05, 0.1) is 17.8 Å². The molecule has 3 atom stereocenters. The van der Waals surface area contributed by atoms with E-state index in [1.54, 1.807) is 4.31 Å². The number of carbonyl (C=O) groups is 1. The van der Waals surface area contributed by atoms with Crippen LogP contribution in [-0.2, 0) is 20.2 Å². The van der Waals surface area contributed by atoms with E-state index in [1.165, 1.54) is 11.1 Å². The van der Waals surface area contributed by atoms with Crippen molar-refractivity contribution in [2.75, 3.05) is 18.8 Å². The highest BCUT2D eigenvalue weighted by Gasteiger charge is 2.72. The van der Waals surface area contributed by atoms with Gasteiger partial charge < -0.3 is 10.2 Å². The average molecular weight is 460 g/mol. The number of nitrogens with zero attached hydrogens (tertiary/aromatic N) is 1. The van der Waals surface area contributed by atoms with Gasteiger partial charge in [-0.25, -0.2) is 12.7 Å². The van der Waals surface area contributed by atoms with Gasteiger partial charge in [0.25, 0.3) is 0 Å². The van der Waals surface area contributed by atoms with Gasteiger partial charge in [0.1, 0.15) is 0 Å². The second-order valence-electron chi connectivity index (χ2n) is 11.1. The van der Waals surface area contributed by atoms with Gasteiger partial charge in [0, 0.05) is 23.9 Å². The Morgan fingerprint density at radius 2 is 1.84 bits per heavy atom. The summed E-state index contributed by atoms with van der Waals surface area (Å²) >= 11 is 0. The first kappa shape index (κ1) is 22.1. The zero-order chi connectivity index (χ0) is 23.0. The van der Waals surface area contributed by atoms with Crippen LogP contribution in [0.4, 0.5) is 0 Å². The van der Waals surface area contributed by atoms with Crippen molar-refractivity contribution in [2.24, 2.45) is 16.7 Å². The van der Waals surface area contributed by atoms with Crippen molar-refractivity contribution in [1.29, 1.82) is 0 Å². The first-order chi connectivity index (χ1) is 14.9. The maximum Gasteiger partial charge on any atom is 0.306 e. The van der Waals surface area contributed by atoms with Gasteiger partial charge >= 0.3 is 5.97 Å². The largest absolute Gasteiger partial charge is 0.481 e. The van der Waals surface area contributed by atoms with E-state index in [0.717, 1.165) is 19.3 Å². The lowest BCUT2D eigenvalue weighted by atomic mass is 9.63. The summed E-state index contributed by atoms with van der Waals surface area (Å²) in [5, 5.41) is 21.0. The Kier molecular flexibility index (Phi) is 4.77. The number of hydrogen-bond acceptors (Lipinski definition) is 4. The van der Waals surface area contributed by atoms with Crippen molar-refractivity contribution in [1.82, 2.24) is 4.31 Å². The first-order valence-corrected chi connectivity index (χ1v) is 13.3. The molecule has 2 N–H and O–H groups in total. The summed E-state index contributed by atoms with van der Waals surface area (Å²) in [4.78, 5) is 11.6. The van der Waals surface area contributed by atoms with E-state index < -0.39 is 38.8 Å². The van der Waals surface area contributed by atoms with Crippen LogP contribution >= 0.6 is 0 Å². The van der Waals surface area contributed by atoms with Crippen LogP contribution in [-0.4, -0.2) is 53.3 Å². The molecule has 1 unspecified atom stereocenters. The van der Waals surface area contributed by atoms with Crippen molar-refractivity contribution in [3.8, 4) is 0 Å². The fourth-order valence-electron chi connectivity index (χ4n) is 7.61. The second kappa shape index (κ2) is 6.90. The molecule has 1 aromatic rings. The molecule has 1 saturated heterocycles. The molecule has 32 heavy (non-hydrogen) atoms. The SMILES string of the molecule is CC1(C)C2CC[C@@]1(CS(=O)(=O)N1CCC3(C=Cc4ccccc43)CC1)[C@@](O)(CC(=O)O)C2. The molecule has 1 heterocycles. The zero-order valence-electron chi connectivity index (χ0n) is 18.9. The highest BCUT2D eigenvalue weighted by molar-refractivity contribution is 7.89. The van der Waals surface area contributed by atoms with E-state index in [-0.39, 0.29) is 17.1 Å². The molecule has 2 bridgehead atoms. The number of hydrogen-bond donors (Lipinski definition) is 2. The summed E-state index contributed by atoms with van der Waals surface area (Å²) in [6, 6.07) is 8.31. The van der Waals surface area contributed by atoms with Crippen LogP contribution in [0.15, 0.2) is 30.3 Å². The molecule has 4 aliphatic rings. The first-order valence-electron chi connectivity index (χ1n) is 11.7. The topological polar surface area (TPSA) is 94.9 Å². The molecular weight excluding hydrogens is 426 g/mol. The Bertz CT molecular complexity index is 1090. The Hall–Kier alpha value is -1.70. The van der Waals surface area contributed by atoms with Crippen LogP contribution < -0.4 is 0 Å². The van der Waals surface area contributed by atoms with Crippen LogP contribution in [0.1, 0.15) is 63.5 Å². The highest BCUT2D eigenvalue weighted by Crippen LogP contribution is 2.71. The lowest BCUT2D eigenvalue weighted by molar-refractivity contribution is -0.152. The molecule has 0 amide bonds. The van der Waals surface area contributed by atoms with Gasteiger partial charge in [-0.2, -0.15) is 0 Å². The minimum Gasteiger partial charge on any atom is -0.481 e. The third kappa shape index (κ3) is 2.90. The van der Waals surface area contributed by atoms with Gasteiger partial charge in [-0.1, -0.05) is 50.3 Å². The Balaban J connectivity index is 1.39. The molecule has 174 valence electrons. The number of aliphatic hydroxyl groups is 1. The highest BCUT2D eigenvalue weighted by atomic mass is 32.2. The standard InChI is InChI=1S/C25H33NO5S/c1-22(2)19-8-10-24(22,25(29,15-19)16-21(27)28)17-32(30,31)26-13-11-23(12-14-26)9-7-18-5-3-4-6-20(18)23/h3-7,9,19,29H,8,10-17H2,1-2H3,(H,27,28)/t19?,24-,25-/m0/s1. The Labute approximate surface area is 190 Å². The molecule has 3 aliphatic carbocycles. The predicted molar refractivity (Wildman–Crippen MR) is 123 cm³/mol. The van der Waals surface area contributed by atoms with Crippen molar-refractivity contribution < 1.29 is 23.4 Å². The van der Waals surface area contributed by atoms with E-state index in [4.69, 9.17) is 0 Å².